The quantitative estimate of drug-likeness (QED) is 0.402. The lowest BCUT2D eigenvalue weighted by Gasteiger charge is -2.33. The molecule has 2 saturated heterocycles. The zero-order valence-corrected chi connectivity index (χ0v) is 25.5. The lowest BCUT2D eigenvalue weighted by Crippen LogP contribution is -2.44. The average molecular weight is 570 g/mol. The number of carbonyl (C=O) groups is 1. The molecule has 2 aliphatic rings. The second-order valence-electron chi connectivity index (χ2n) is 11.9. The van der Waals surface area contributed by atoms with Gasteiger partial charge in [0.1, 0.15) is 5.82 Å². The van der Waals surface area contributed by atoms with Crippen LogP contribution in [0.25, 0.3) is 16.7 Å². The van der Waals surface area contributed by atoms with Crippen LogP contribution in [0.5, 0.6) is 0 Å². The van der Waals surface area contributed by atoms with E-state index in [0.717, 1.165) is 97.1 Å². The number of likely N-dealkylation sites (N-methyl/N-ethyl adjacent to an activating group) is 1. The zero-order valence-electron chi connectivity index (χ0n) is 25.5. The molecule has 2 N–H and O–H groups in total. The molecule has 222 valence electrons. The summed E-state index contributed by atoms with van der Waals surface area (Å²) in [5.74, 6) is 1.29. The molecule has 8 nitrogen and oxygen atoms in total. The zero-order chi connectivity index (χ0) is 29.8. The number of aryl methyl sites for hydroxylation is 3. The van der Waals surface area contributed by atoms with Crippen LogP contribution in [-0.2, 0) is 11.3 Å². The summed E-state index contributed by atoms with van der Waals surface area (Å²) in [6.45, 7) is 13.6. The van der Waals surface area contributed by atoms with E-state index in [9.17, 15) is 9.59 Å². The molecule has 0 radical (unpaired) electrons. The number of benzene rings is 1. The maximum Gasteiger partial charge on any atom is 0.253 e. The van der Waals surface area contributed by atoms with Crippen molar-refractivity contribution >= 4 is 17.3 Å². The van der Waals surface area contributed by atoms with Gasteiger partial charge in [0.15, 0.2) is 0 Å². The Morgan fingerprint density at radius 2 is 1.88 bits per heavy atom. The summed E-state index contributed by atoms with van der Waals surface area (Å²) in [5, 5.41) is 3.04. The first-order chi connectivity index (χ1) is 20.2. The Hall–Kier alpha value is -3.75. The molecule has 2 aromatic heterocycles. The molecule has 1 atom stereocenters. The first-order valence-electron chi connectivity index (χ1n) is 15.0. The molecule has 0 aliphatic carbocycles. The predicted octanol–water partition coefficient (Wildman–Crippen LogP) is 4.87. The fourth-order valence-corrected chi connectivity index (χ4v) is 6.02. The number of amides is 1. The number of piperazine rings is 1. The number of nitrogens with zero attached hydrogens (tertiary/aromatic N) is 3. The fraction of sp³-hybridized carbons (Fsp3) is 0.441. The van der Waals surface area contributed by atoms with Crippen LogP contribution in [0.1, 0.15) is 58.1 Å². The van der Waals surface area contributed by atoms with E-state index in [1.807, 2.05) is 32.2 Å². The standard InChI is InChI=1S/C34H43N5O3/c1-22(6-7-26-10-15-42-21-26)32-24(3)17-28(27-8-9-31(35-19-27)39-13-11-38(5)12-14-39)18-29(32)33(40)36-20-30-23(2)16-25(4)37-34(30)41/h6,8-9,16-19,26H,7,10-15,20-21H2,1-5H3,(H,36,40)(H,37,41)/b22-6-/t26-/m0/s1. The number of hydrogen-bond acceptors (Lipinski definition) is 6. The number of rotatable bonds is 8. The number of aromatic amines is 1. The van der Waals surface area contributed by atoms with E-state index in [-0.39, 0.29) is 18.0 Å². The van der Waals surface area contributed by atoms with Crippen LogP contribution >= 0.6 is 0 Å². The van der Waals surface area contributed by atoms with Gasteiger partial charge in [0.05, 0.1) is 0 Å². The van der Waals surface area contributed by atoms with Gasteiger partial charge in [0, 0.05) is 74.5 Å². The number of allylic oxidation sites excluding steroid dienone is 2. The van der Waals surface area contributed by atoms with Crippen LogP contribution in [0, 0.1) is 26.7 Å². The minimum absolute atomic E-state index is 0.159. The van der Waals surface area contributed by atoms with Crippen molar-refractivity contribution < 1.29 is 9.53 Å². The average Bonchev–Trinajstić information content (AvgIpc) is 3.49. The van der Waals surface area contributed by atoms with Crippen molar-refractivity contribution in [1.82, 2.24) is 20.2 Å². The minimum Gasteiger partial charge on any atom is -0.381 e. The van der Waals surface area contributed by atoms with E-state index in [1.165, 1.54) is 0 Å². The number of hydrogen-bond donors (Lipinski definition) is 2. The maximum absolute atomic E-state index is 13.8. The van der Waals surface area contributed by atoms with Crippen molar-refractivity contribution in [1.29, 1.82) is 0 Å². The van der Waals surface area contributed by atoms with E-state index in [2.05, 4.69) is 65.3 Å². The Kier molecular flexibility index (Phi) is 9.24. The highest BCUT2D eigenvalue weighted by atomic mass is 16.5. The molecular weight excluding hydrogens is 526 g/mol. The highest BCUT2D eigenvalue weighted by Gasteiger charge is 2.20. The van der Waals surface area contributed by atoms with E-state index in [0.29, 0.717) is 17.0 Å². The Balaban J connectivity index is 1.45. The van der Waals surface area contributed by atoms with Gasteiger partial charge in [-0.3, -0.25) is 9.59 Å². The Morgan fingerprint density at radius 1 is 1.10 bits per heavy atom. The van der Waals surface area contributed by atoms with Crippen molar-refractivity contribution in [3.63, 3.8) is 0 Å². The van der Waals surface area contributed by atoms with Crippen LogP contribution in [0.4, 0.5) is 5.82 Å². The molecule has 4 heterocycles. The van der Waals surface area contributed by atoms with Crippen LogP contribution < -0.4 is 15.8 Å². The molecule has 3 aromatic rings. The number of pyridine rings is 2. The third kappa shape index (κ3) is 6.82. The molecule has 8 heteroatoms. The van der Waals surface area contributed by atoms with E-state index in [1.54, 1.807) is 0 Å². The molecule has 2 aliphatic heterocycles. The van der Waals surface area contributed by atoms with E-state index < -0.39 is 0 Å². The smallest absolute Gasteiger partial charge is 0.253 e. The first kappa shape index (κ1) is 29.7. The Labute approximate surface area is 248 Å². The minimum atomic E-state index is -0.201. The van der Waals surface area contributed by atoms with Crippen LogP contribution in [0.3, 0.4) is 0 Å². The fourth-order valence-electron chi connectivity index (χ4n) is 6.02. The number of H-pyrrole nitrogens is 1. The van der Waals surface area contributed by atoms with Gasteiger partial charge in [-0.2, -0.15) is 0 Å². The number of nitrogens with one attached hydrogen (secondary N) is 2. The second-order valence-corrected chi connectivity index (χ2v) is 11.9. The number of aromatic nitrogens is 2. The monoisotopic (exact) mass is 569 g/mol. The van der Waals surface area contributed by atoms with Gasteiger partial charge in [0.2, 0.25) is 0 Å². The molecule has 0 spiro atoms. The molecule has 1 aromatic carbocycles. The first-order valence-corrected chi connectivity index (χ1v) is 15.0. The molecular formula is C34H43N5O3. The van der Waals surface area contributed by atoms with Crippen LogP contribution in [0.15, 0.2) is 47.4 Å². The number of anilines is 1. The summed E-state index contributed by atoms with van der Waals surface area (Å²) in [7, 11) is 2.15. The molecule has 0 bridgehead atoms. The number of carbonyl (C=O) groups excluding carboxylic acids is 1. The van der Waals surface area contributed by atoms with Crippen LogP contribution in [-0.4, -0.2) is 67.2 Å². The van der Waals surface area contributed by atoms with Gasteiger partial charge in [-0.05, 0) is 106 Å². The second kappa shape index (κ2) is 13.0. The van der Waals surface area contributed by atoms with Crippen molar-refractivity contribution in [2.24, 2.45) is 5.92 Å². The molecule has 0 unspecified atom stereocenters. The predicted molar refractivity (Wildman–Crippen MR) is 169 cm³/mol. The largest absolute Gasteiger partial charge is 0.381 e. The summed E-state index contributed by atoms with van der Waals surface area (Å²) in [5.41, 5.74) is 7.62. The third-order valence-electron chi connectivity index (χ3n) is 8.58. The molecule has 2 fully saturated rings. The van der Waals surface area contributed by atoms with Crippen molar-refractivity contribution in [2.45, 2.75) is 47.1 Å². The van der Waals surface area contributed by atoms with Gasteiger partial charge in [-0.15, -0.1) is 0 Å². The molecule has 0 saturated carbocycles. The molecule has 42 heavy (non-hydrogen) atoms. The van der Waals surface area contributed by atoms with Gasteiger partial charge in [0.25, 0.3) is 11.5 Å². The van der Waals surface area contributed by atoms with Gasteiger partial charge >= 0.3 is 0 Å². The van der Waals surface area contributed by atoms with E-state index >= 15 is 0 Å². The van der Waals surface area contributed by atoms with Crippen LogP contribution in [0.2, 0.25) is 0 Å². The lowest BCUT2D eigenvalue weighted by molar-refractivity contribution is 0.0950. The van der Waals surface area contributed by atoms with Gasteiger partial charge in [-0.1, -0.05) is 12.1 Å². The summed E-state index contributed by atoms with van der Waals surface area (Å²) < 4.78 is 5.57. The van der Waals surface area contributed by atoms with Crippen molar-refractivity contribution in [3.05, 3.63) is 86.5 Å². The van der Waals surface area contributed by atoms with Crippen molar-refractivity contribution in [2.75, 3.05) is 51.3 Å². The van der Waals surface area contributed by atoms with Gasteiger partial charge < -0.3 is 24.8 Å². The highest BCUT2D eigenvalue weighted by Crippen LogP contribution is 2.31. The maximum atomic E-state index is 13.8. The summed E-state index contributed by atoms with van der Waals surface area (Å²) in [6, 6.07) is 10.2. The Morgan fingerprint density at radius 3 is 2.55 bits per heavy atom. The Bertz CT molecular complexity index is 1510. The third-order valence-corrected chi connectivity index (χ3v) is 8.58. The van der Waals surface area contributed by atoms with Crippen molar-refractivity contribution in [3.8, 4) is 11.1 Å². The van der Waals surface area contributed by atoms with E-state index in [4.69, 9.17) is 9.72 Å². The normalized spacial score (nSPS) is 18.0. The lowest BCUT2D eigenvalue weighted by atomic mass is 9.89. The summed E-state index contributed by atoms with van der Waals surface area (Å²) in [4.78, 5) is 38.7. The summed E-state index contributed by atoms with van der Waals surface area (Å²) >= 11 is 0. The van der Waals surface area contributed by atoms with Gasteiger partial charge in [-0.25, -0.2) is 4.98 Å². The SMILES string of the molecule is C/C(=C/C[C@H]1CCOC1)c1c(C)cc(-c2ccc(N3CCN(C)CC3)nc2)cc1C(=O)NCc1c(C)cc(C)[nH]c1=O. The highest BCUT2D eigenvalue weighted by molar-refractivity contribution is 6.01. The summed E-state index contributed by atoms with van der Waals surface area (Å²) in [6.07, 6.45) is 6.13. The topological polar surface area (TPSA) is 90.6 Å². The molecule has 5 rings (SSSR count). The number of ether oxygens (including phenoxy) is 1. The molecule has 1 amide bonds.